The second kappa shape index (κ2) is 7.14. The van der Waals surface area contributed by atoms with Crippen LogP contribution < -0.4 is 11.5 Å². The molecule has 0 aliphatic carbocycles. The summed E-state index contributed by atoms with van der Waals surface area (Å²) in [6.07, 6.45) is -1.34. The third kappa shape index (κ3) is 4.44. The van der Waals surface area contributed by atoms with Crippen LogP contribution in [0.4, 0.5) is 0 Å². The minimum atomic E-state index is -1.13. The van der Waals surface area contributed by atoms with E-state index < -0.39 is 24.4 Å². The van der Waals surface area contributed by atoms with Gasteiger partial charge in [0.1, 0.15) is 0 Å². The fourth-order valence-corrected chi connectivity index (χ4v) is 1.59. The van der Waals surface area contributed by atoms with Crippen molar-refractivity contribution in [3.63, 3.8) is 0 Å². The normalized spacial score (nSPS) is 21.8. The van der Waals surface area contributed by atoms with Crippen molar-refractivity contribution in [1.82, 2.24) is 0 Å². The van der Waals surface area contributed by atoms with Crippen molar-refractivity contribution in [2.24, 2.45) is 17.4 Å². The van der Waals surface area contributed by atoms with E-state index in [4.69, 9.17) is 11.5 Å². The number of hydrogen-bond donors (Lipinski definition) is 5. The van der Waals surface area contributed by atoms with Gasteiger partial charge in [0, 0.05) is 0 Å². The van der Waals surface area contributed by atoms with Gasteiger partial charge < -0.3 is 26.8 Å². The molecule has 0 aromatic heterocycles. The van der Waals surface area contributed by atoms with Gasteiger partial charge in [0.2, 0.25) is 0 Å². The molecular weight excluding hydrogens is 196 g/mol. The Balaban J connectivity index is 4.32. The van der Waals surface area contributed by atoms with Gasteiger partial charge in [0.25, 0.3) is 0 Å². The number of hydrogen-bond acceptors (Lipinski definition) is 5. The summed E-state index contributed by atoms with van der Waals surface area (Å²) in [6, 6.07) is -0.842. The van der Waals surface area contributed by atoms with E-state index in [0.717, 1.165) is 12.8 Å². The van der Waals surface area contributed by atoms with Gasteiger partial charge in [-0.2, -0.15) is 0 Å². The van der Waals surface area contributed by atoms with Crippen LogP contribution in [0.25, 0.3) is 0 Å². The van der Waals surface area contributed by atoms with Gasteiger partial charge in [-0.1, -0.05) is 13.3 Å². The molecule has 15 heavy (non-hydrogen) atoms. The molecule has 7 N–H and O–H groups in total. The summed E-state index contributed by atoms with van der Waals surface area (Å²) < 4.78 is 0. The highest BCUT2D eigenvalue weighted by molar-refractivity contribution is 4.86. The standard InChI is InChI=1S/C10H24N2O3/c1-3-4-7(5-11)9(14)10(15)8(12)6(2)13/h6-10,13-15H,3-5,11-12H2,1-2H3/t6-,7-,8-,9+,10?/m0/s1. The topological polar surface area (TPSA) is 113 Å². The zero-order valence-electron chi connectivity index (χ0n) is 9.50. The average molecular weight is 220 g/mol. The lowest BCUT2D eigenvalue weighted by Crippen LogP contribution is -2.52. The Morgan fingerprint density at radius 1 is 1.13 bits per heavy atom. The maximum atomic E-state index is 9.81. The molecule has 0 saturated carbocycles. The zero-order valence-corrected chi connectivity index (χ0v) is 9.50. The maximum Gasteiger partial charge on any atom is 0.0977 e. The van der Waals surface area contributed by atoms with Gasteiger partial charge in [0.05, 0.1) is 24.4 Å². The summed E-state index contributed by atoms with van der Waals surface area (Å²) in [6.45, 7) is 3.77. The minimum absolute atomic E-state index is 0.171. The van der Waals surface area contributed by atoms with Crippen molar-refractivity contribution in [3.8, 4) is 0 Å². The molecule has 0 aliphatic heterocycles. The van der Waals surface area contributed by atoms with Crippen molar-refractivity contribution < 1.29 is 15.3 Å². The molecule has 0 saturated heterocycles. The molecule has 0 spiro atoms. The molecule has 92 valence electrons. The van der Waals surface area contributed by atoms with E-state index in [1.807, 2.05) is 6.92 Å². The molecule has 0 heterocycles. The molecule has 0 amide bonds. The monoisotopic (exact) mass is 220 g/mol. The van der Waals surface area contributed by atoms with Crippen LogP contribution in [0.5, 0.6) is 0 Å². The van der Waals surface area contributed by atoms with Crippen LogP contribution in [-0.4, -0.2) is 46.2 Å². The number of aliphatic hydroxyl groups excluding tert-OH is 3. The van der Waals surface area contributed by atoms with Gasteiger partial charge >= 0.3 is 0 Å². The second-order valence-electron chi connectivity index (χ2n) is 4.08. The molecule has 0 aromatic rings. The Kier molecular flexibility index (Phi) is 7.04. The maximum absolute atomic E-state index is 9.81. The first-order chi connectivity index (χ1) is 6.95. The number of nitrogens with two attached hydrogens (primary N) is 2. The predicted molar refractivity (Wildman–Crippen MR) is 59.1 cm³/mol. The Morgan fingerprint density at radius 3 is 2.00 bits per heavy atom. The Labute approximate surface area is 91.1 Å². The van der Waals surface area contributed by atoms with Crippen LogP contribution in [-0.2, 0) is 0 Å². The van der Waals surface area contributed by atoms with Gasteiger partial charge in [-0.25, -0.2) is 0 Å². The molecule has 1 unspecified atom stereocenters. The van der Waals surface area contributed by atoms with Crippen molar-refractivity contribution in [3.05, 3.63) is 0 Å². The lowest BCUT2D eigenvalue weighted by Gasteiger charge is -2.30. The van der Waals surface area contributed by atoms with Gasteiger partial charge in [-0.15, -0.1) is 0 Å². The summed E-state index contributed by atoms with van der Waals surface area (Å²) in [5.74, 6) is -0.171. The summed E-state index contributed by atoms with van der Waals surface area (Å²) in [7, 11) is 0. The fraction of sp³-hybridized carbons (Fsp3) is 1.00. The van der Waals surface area contributed by atoms with Crippen LogP contribution in [0.15, 0.2) is 0 Å². The van der Waals surface area contributed by atoms with Gasteiger partial charge in [-0.05, 0) is 25.8 Å². The highest BCUT2D eigenvalue weighted by atomic mass is 16.3. The van der Waals surface area contributed by atoms with Crippen LogP contribution in [0.3, 0.4) is 0 Å². The smallest absolute Gasteiger partial charge is 0.0977 e. The highest BCUT2D eigenvalue weighted by Gasteiger charge is 2.31. The molecular formula is C10H24N2O3. The van der Waals surface area contributed by atoms with Crippen molar-refractivity contribution in [1.29, 1.82) is 0 Å². The average Bonchev–Trinajstić information content (AvgIpc) is 2.22. The van der Waals surface area contributed by atoms with Crippen LogP contribution >= 0.6 is 0 Å². The van der Waals surface area contributed by atoms with E-state index in [-0.39, 0.29) is 5.92 Å². The second-order valence-corrected chi connectivity index (χ2v) is 4.08. The van der Waals surface area contributed by atoms with Crippen molar-refractivity contribution >= 4 is 0 Å². The van der Waals surface area contributed by atoms with Crippen LogP contribution in [0.2, 0.25) is 0 Å². The van der Waals surface area contributed by atoms with E-state index in [2.05, 4.69) is 0 Å². The van der Waals surface area contributed by atoms with Crippen LogP contribution in [0.1, 0.15) is 26.7 Å². The summed E-state index contributed by atoms with van der Waals surface area (Å²) >= 11 is 0. The Bertz CT molecular complexity index is 167. The first kappa shape index (κ1) is 14.8. The van der Waals surface area contributed by atoms with Gasteiger partial charge in [-0.3, -0.25) is 0 Å². The summed E-state index contributed by atoms with van der Waals surface area (Å²) in [5.41, 5.74) is 11.0. The lowest BCUT2D eigenvalue weighted by molar-refractivity contribution is -0.0500. The predicted octanol–water partition coefficient (Wildman–Crippen LogP) is -1.21. The van der Waals surface area contributed by atoms with Crippen molar-refractivity contribution in [2.75, 3.05) is 6.54 Å². The quantitative estimate of drug-likeness (QED) is 0.369. The third-order valence-electron chi connectivity index (χ3n) is 2.75. The number of rotatable bonds is 7. The molecule has 0 bridgehead atoms. The molecule has 0 aromatic carbocycles. The SMILES string of the molecule is CCC[C@@H](CN)[C@@H](O)C(O)[C@@H](N)[C@H](C)O. The fourth-order valence-electron chi connectivity index (χ4n) is 1.59. The largest absolute Gasteiger partial charge is 0.392 e. The molecule has 0 aliphatic rings. The molecule has 5 heteroatoms. The molecule has 5 nitrogen and oxygen atoms in total. The molecule has 0 rings (SSSR count). The van der Waals surface area contributed by atoms with E-state index in [9.17, 15) is 15.3 Å². The van der Waals surface area contributed by atoms with E-state index >= 15 is 0 Å². The highest BCUT2D eigenvalue weighted by Crippen LogP contribution is 2.15. The molecule has 0 radical (unpaired) electrons. The third-order valence-corrected chi connectivity index (χ3v) is 2.75. The summed E-state index contributed by atoms with van der Waals surface area (Å²) in [4.78, 5) is 0. The summed E-state index contributed by atoms with van der Waals surface area (Å²) in [5, 5.41) is 28.7. The van der Waals surface area contributed by atoms with Crippen molar-refractivity contribution in [2.45, 2.75) is 51.0 Å². The lowest BCUT2D eigenvalue weighted by atomic mass is 9.89. The van der Waals surface area contributed by atoms with Gasteiger partial charge in [0.15, 0.2) is 0 Å². The Morgan fingerprint density at radius 2 is 1.67 bits per heavy atom. The molecule has 5 atom stereocenters. The minimum Gasteiger partial charge on any atom is -0.392 e. The zero-order chi connectivity index (χ0) is 12.0. The molecule has 0 fully saturated rings. The van der Waals surface area contributed by atoms with E-state index in [1.54, 1.807) is 0 Å². The van der Waals surface area contributed by atoms with E-state index in [0.29, 0.717) is 6.54 Å². The first-order valence-electron chi connectivity index (χ1n) is 5.45. The van der Waals surface area contributed by atoms with Crippen LogP contribution in [0, 0.1) is 5.92 Å². The van der Waals surface area contributed by atoms with E-state index in [1.165, 1.54) is 6.92 Å². The first-order valence-corrected chi connectivity index (χ1v) is 5.45. The Hall–Kier alpha value is -0.200. The number of aliphatic hydroxyl groups is 3.